The third kappa shape index (κ3) is 5.12. The Hall–Kier alpha value is -3.10. The molecule has 3 heterocycles. The van der Waals surface area contributed by atoms with E-state index in [9.17, 15) is 14.7 Å². The molecule has 2 aromatic rings. The zero-order valence-electron chi connectivity index (χ0n) is 18.9. The largest absolute Gasteiger partial charge is 0.503 e. The number of furan rings is 1. The molecular weight excluding hydrogens is 424 g/mol. The van der Waals surface area contributed by atoms with Crippen molar-refractivity contribution in [1.29, 1.82) is 0 Å². The molecule has 8 nitrogen and oxygen atoms in total. The van der Waals surface area contributed by atoms with Crippen molar-refractivity contribution < 1.29 is 28.6 Å². The standard InChI is InChI=1S/C25H30N2O6/c1-2-14-32-19-8-6-18(7-9-19)22-21(23(28)20-5-3-15-33-20)24(29)25(30)27(22)11-4-10-26-12-16-31-17-13-26/h3,5-9,15,22,29H,2,4,10-14,16-17H2,1H3/t22-/m1/s1. The normalized spacial score (nSPS) is 19.4. The molecule has 0 radical (unpaired) electrons. The first-order chi connectivity index (χ1) is 16.1. The number of ether oxygens (including phenoxy) is 2. The second kappa shape index (κ2) is 10.7. The molecule has 1 aromatic carbocycles. The Bertz CT molecular complexity index is 977. The number of hydrogen-bond donors (Lipinski definition) is 1. The topological polar surface area (TPSA) is 92.5 Å². The third-order valence-corrected chi connectivity index (χ3v) is 5.94. The minimum Gasteiger partial charge on any atom is -0.503 e. The maximum Gasteiger partial charge on any atom is 0.290 e. The van der Waals surface area contributed by atoms with Gasteiger partial charge in [-0.15, -0.1) is 0 Å². The van der Waals surface area contributed by atoms with Crippen LogP contribution in [0.3, 0.4) is 0 Å². The van der Waals surface area contributed by atoms with Crippen LogP contribution in [-0.2, 0) is 9.53 Å². The van der Waals surface area contributed by atoms with Gasteiger partial charge in [0.05, 0.1) is 37.7 Å². The Morgan fingerprint density at radius 1 is 1.15 bits per heavy atom. The Morgan fingerprint density at radius 2 is 1.91 bits per heavy atom. The summed E-state index contributed by atoms with van der Waals surface area (Å²) in [7, 11) is 0. The molecule has 1 N–H and O–H groups in total. The monoisotopic (exact) mass is 454 g/mol. The summed E-state index contributed by atoms with van der Waals surface area (Å²) in [6, 6.07) is 9.78. The van der Waals surface area contributed by atoms with Crippen LogP contribution in [0, 0.1) is 0 Å². The maximum atomic E-state index is 13.2. The summed E-state index contributed by atoms with van der Waals surface area (Å²) in [6.45, 7) is 7.01. The second-order valence-corrected chi connectivity index (χ2v) is 8.19. The van der Waals surface area contributed by atoms with Crippen molar-refractivity contribution in [2.75, 3.05) is 46.0 Å². The van der Waals surface area contributed by atoms with Crippen molar-refractivity contribution in [1.82, 2.24) is 9.80 Å². The number of Topliss-reactive ketones (excluding diaryl/α,β-unsaturated/α-hetero) is 1. The van der Waals surface area contributed by atoms with Gasteiger partial charge in [-0.1, -0.05) is 19.1 Å². The number of amides is 1. The van der Waals surface area contributed by atoms with Crippen LogP contribution in [0.4, 0.5) is 0 Å². The molecule has 0 saturated carbocycles. The highest BCUT2D eigenvalue weighted by atomic mass is 16.5. The average molecular weight is 455 g/mol. The van der Waals surface area contributed by atoms with E-state index < -0.39 is 23.5 Å². The van der Waals surface area contributed by atoms with E-state index in [4.69, 9.17) is 13.9 Å². The smallest absolute Gasteiger partial charge is 0.290 e. The van der Waals surface area contributed by atoms with E-state index in [1.807, 2.05) is 31.2 Å². The summed E-state index contributed by atoms with van der Waals surface area (Å²) in [4.78, 5) is 30.1. The lowest BCUT2D eigenvalue weighted by Gasteiger charge is -2.30. The Kier molecular flexibility index (Phi) is 7.47. The molecule has 4 rings (SSSR count). The van der Waals surface area contributed by atoms with Gasteiger partial charge in [-0.25, -0.2) is 0 Å². The van der Waals surface area contributed by atoms with Crippen LogP contribution in [0.15, 0.2) is 58.4 Å². The number of benzene rings is 1. The van der Waals surface area contributed by atoms with Gasteiger partial charge in [0.2, 0.25) is 5.78 Å². The molecule has 0 aliphatic carbocycles. The van der Waals surface area contributed by atoms with Crippen molar-refractivity contribution in [3.63, 3.8) is 0 Å². The third-order valence-electron chi connectivity index (χ3n) is 5.94. The summed E-state index contributed by atoms with van der Waals surface area (Å²) in [5, 5.41) is 10.7. The van der Waals surface area contributed by atoms with Gasteiger partial charge in [-0.2, -0.15) is 0 Å². The van der Waals surface area contributed by atoms with Crippen molar-refractivity contribution in [3.05, 3.63) is 65.3 Å². The molecule has 1 aromatic heterocycles. The van der Waals surface area contributed by atoms with Crippen LogP contribution in [0.5, 0.6) is 5.75 Å². The van der Waals surface area contributed by atoms with Gasteiger partial charge in [0, 0.05) is 26.2 Å². The maximum absolute atomic E-state index is 13.2. The number of rotatable bonds is 10. The first-order valence-corrected chi connectivity index (χ1v) is 11.4. The molecule has 1 fully saturated rings. The lowest BCUT2D eigenvalue weighted by molar-refractivity contribution is -0.129. The molecule has 0 bridgehead atoms. The molecular formula is C25H30N2O6. The van der Waals surface area contributed by atoms with E-state index in [-0.39, 0.29) is 11.3 Å². The zero-order chi connectivity index (χ0) is 23.2. The summed E-state index contributed by atoms with van der Waals surface area (Å²) in [5.41, 5.74) is 0.779. The fourth-order valence-corrected chi connectivity index (χ4v) is 4.26. The molecule has 0 spiro atoms. The van der Waals surface area contributed by atoms with Gasteiger partial charge in [0.25, 0.3) is 5.91 Å². The van der Waals surface area contributed by atoms with Crippen molar-refractivity contribution in [3.8, 4) is 5.75 Å². The number of aliphatic hydroxyl groups is 1. The lowest BCUT2D eigenvalue weighted by atomic mass is 9.95. The Balaban J connectivity index is 1.58. The number of carbonyl (C=O) groups excluding carboxylic acids is 2. The molecule has 1 amide bonds. The summed E-state index contributed by atoms with van der Waals surface area (Å²) < 4.78 is 16.3. The summed E-state index contributed by atoms with van der Waals surface area (Å²) in [6.07, 6.45) is 3.01. The van der Waals surface area contributed by atoms with Crippen molar-refractivity contribution in [2.45, 2.75) is 25.8 Å². The van der Waals surface area contributed by atoms with Crippen LogP contribution in [0.1, 0.15) is 41.9 Å². The Labute approximate surface area is 193 Å². The summed E-state index contributed by atoms with van der Waals surface area (Å²) in [5.74, 6) is -0.733. The highest BCUT2D eigenvalue weighted by molar-refractivity contribution is 6.15. The van der Waals surface area contributed by atoms with Crippen LogP contribution in [0.25, 0.3) is 0 Å². The average Bonchev–Trinajstić information content (AvgIpc) is 3.47. The molecule has 8 heteroatoms. The van der Waals surface area contributed by atoms with Crippen molar-refractivity contribution in [2.24, 2.45) is 0 Å². The van der Waals surface area contributed by atoms with E-state index in [0.29, 0.717) is 26.4 Å². The van der Waals surface area contributed by atoms with Gasteiger partial charge in [-0.05, 0) is 42.7 Å². The molecule has 1 saturated heterocycles. The number of hydrogen-bond acceptors (Lipinski definition) is 7. The van der Waals surface area contributed by atoms with E-state index in [1.54, 1.807) is 11.0 Å². The first kappa shape index (κ1) is 23.1. The van der Waals surface area contributed by atoms with Gasteiger partial charge in [0.15, 0.2) is 11.5 Å². The molecule has 2 aliphatic heterocycles. The van der Waals surface area contributed by atoms with Gasteiger partial charge in [0.1, 0.15) is 5.75 Å². The number of morpholine rings is 1. The number of carbonyl (C=O) groups is 2. The quantitative estimate of drug-likeness (QED) is 0.550. The minimum absolute atomic E-state index is 0.0450. The van der Waals surface area contributed by atoms with Crippen molar-refractivity contribution >= 4 is 11.7 Å². The predicted octanol–water partition coefficient (Wildman–Crippen LogP) is 3.37. The van der Waals surface area contributed by atoms with E-state index in [0.717, 1.165) is 43.8 Å². The summed E-state index contributed by atoms with van der Waals surface area (Å²) >= 11 is 0. The highest BCUT2D eigenvalue weighted by Gasteiger charge is 2.44. The van der Waals surface area contributed by atoms with Gasteiger partial charge < -0.3 is 23.9 Å². The zero-order valence-corrected chi connectivity index (χ0v) is 18.9. The fraction of sp³-hybridized carbons (Fsp3) is 0.440. The number of aliphatic hydroxyl groups excluding tert-OH is 1. The Morgan fingerprint density at radius 3 is 2.58 bits per heavy atom. The van der Waals surface area contributed by atoms with Crippen LogP contribution in [0.2, 0.25) is 0 Å². The first-order valence-electron chi connectivity index (χ1n) is 11.4. The molecule has 176 valence electrons. The van der Waals surface area contributed by atoms with Crippen LogP contribution < -0.4 is 4.74 Å². The predicted molar refractivity (Wildman–Crippen MR) is 121 cm³/mol. The second-order valence-electron chi connectivity index (χ2n) is 8.19. The number of nitrogens with zero attached hydrogens (tertiary/aromatic N) is 2. The van der Waals surface area contributed by atoms with E-state index >= 15 is 0 Å². The SMILES string of the molecule is CCCOc1ccc([C@@H]2C(C(=O)c3ccco3)=C(O)C(=O)N2CCCN2CCOCC2)cc1. The van der Waals surface area contributed by atoms with Crippen LogP contribution >= 0.6 is 0 Å². The van der Waals surface area contributed by atoms with E-state index in [2.05, 4.69) is 4.90 Å². The highest BCUT2D eigenvalue weighted by Crippen LogP contribution is 2.39. The molecule has 33 heavy (non-hydrogen) atoms. The fourth-order valence-electron chi connectivity index (χ4n) is 4.26. The van der Waals surface area contributed by atoms with Crippen LogP contribution in [-0.4, -0.2) is 72.6 Å². The van der Waals surface area contributed by atoms with E-state index in [1.165, 1.54) is 12.3 Å². The van der Waals surface area contributed by atoms with Gasteiger partial charge in [-0.3, -0.25) is 14.5 Å². The van der Waals surface area contributed by atoms with Gasteiger partial charge >= 0.3 is 0 Å². The minimum atomic E-state index is -0.694. The lowest BCUT2D eigenvalue weighted by Crippen LogP contribution is -2.39. The number of ketones is 1. The molecule has 1 atom stereocenters. The molecule has 2 aliphatic rings. The molecule has 0 unspecified atom stereocenters.